The molecule has 0 amide bonds. The van der Waals surface area contributed by atoms with Crippen LogP contribution >= 0.6 is 0 Å². The summed E-state index contributed by atoms with van der Waals surface area (Å²) in [5, 5.41) is 18.0. The van der Waals surface area contributed by atoms with E-state index in [1.807, 2.05) is 6.07 Å². The number of aromatic nitrogens is 1. The summed E-state index contributed by atoms with van der Waals surface area (Å²) in [6.45, 7) is 2.85. The monoisotopic (exact) mass is 558 g/mol. The van der Waals surface area contributed by atoms with Gasteiger partial charge in [0.25, 0.3) is 0 Å². The molecule has 4 nitrogen and oxygen atoms in total. The number of aliphatic hydroxyl groups excluding tert-OH is 1. The fourth-order valence-corrected chi connectivity index (χ4v) is 2.28. The number of carbonyl (C=O) groups excluding carboxylic acids is 1. The van der Waals surface area contributed by atoms with Gasteiger partial charge in [0, 0.05) is 37.8 Å². The van der Waals surface area contributed by atoms with Gasteiger partial charge in [-0.3, -0.25) is 9.78 Å². The Morgan fingerprint density at radius 2 is 1.89 bits per heavy atom. The van der Waals surface area contributed by atoms with E-state index in [2.05, 4.69) is 11.1 Å². The number of rotatable bonds is 2. The summed E-state index contributed by atoms with van der Waals surface area (Å²) in [4.78, 5) is 14.3. The third-order valence-corrected chi connectivity index (χ3v) is 3.31. The first-order chi connectivity index (χ1) is 12.8. The number of nitriles is 1. The average molecular weight is 558 g/mol. The van der Waals surface area contributed by atoms with Crippen molar-refractivity contribution in [3.8, 4) is 17.3 Å². The SMILES string of the molecule is CC(=O)/C=C(/C)O.N#Cc1ccc2nc(-c3[c-]c(F)cc(F)c3)ccc2c1.[Ir]. The van der Waals surface area contributed by atoms with Crippen molar-refractivity contribution in [3.05, 3.63) is 77.6 Å². The minimum atomic E-state index is -0.762. The van der Waals surface area contributed by atoms with Crippen LogP contribution in [0.15, 0.2) is 54.3 Å². The van der Waals surface area contributed by atoms with E-state index in [1.54, 1.807) is 30.3 Å². The molecule has 0 saturated heterocycles. The molecule has 0 aliphatic heterocycles. The van der Waals surface area contributed by atoms with Gasteiger partial charge in [-0.2, -0.15) is 5.26 Å². The third-order valence-electron chi connectivity index (χ3n) is 3.31. The summed E-state index contributed by atoms with van der Waals surface area (Å²) in [6.07, 6.45) is 1.17. The predicted octanol–water partition coefficient (Wildman–Crippen LogP) is 4.89. The van der Waals surface area contributed by atoms with Crippen LogP contribution < -0.4 is 0 Å². The van der Waals surface area contributed by atoms with Crippen molar-refractivity contribution in [2.45, 2.75) is 13.8 Å². The van der Waals surface area contributed by atoms with Crippen molar-refractivity contribution in [1.29, 1.82) is 5.26 Å². The summed E-state index contributed by atoms with van der Waals surface area (Å²) < 4.78 is 26.4. The van der Waals surface area contributed by atoms with Gasteiger partial charge >= 0.3 is 0 Å². The second-order valence-electron chi connectivity index (χ2n) is 5.67. The van der Waals surface area contributed by atoms with Gasteiger partial charge in [-0.25, -0.2) is 8.78 Å². The summed E-state index contributed by atoms with van der Waals surface area (Å²) >= 11 is 0. The van der Waals surface area contributed by atoms with Gasteiger partial charge in [-0.1, -0.05) is 18.2 Å². The van der Waals surface area contributed by atoms with Gasteiger partial charge in [-0.15, -0.1) is 17.7 Å². The Hall–Kier alpha value is -2.94. The number of nitrogens with zero attached hydrogens (tertiary/aromatic N) is 2. The van der Waals surface area contributed by atoms with E-state index >= 15 is 0 Å². The predicted molar refractivity (Wildman–Crippen MR) is 97.7 cm³/mol. The number of allylic oxidation sites excluding steroid dienone is 2. The summed E-state index contributed by atoms with van der Waals surface area (Å²) in [6, 6.07) is 14.9. The van der Waals surface area contributed by atoms with Gasteiger partial charge in [0.1, 0.15) is 0 Å². The van der Waals surface area contributed by atoms with E-state index in [0.29, 0.717) is 16.8 Å². The molecular formula is C21H15F2IrN2O2-. The van der Waals surface area contributed by atoms with Gasteiger partial charge in [-0.05, 0) is 43.1 Å². The van der Waals surface area contributed by atoms with Gasteiger partial charge in [0.2, 0.25) is 0 Å². The van der Waals surface area contributed by atoms with E-state index in [-0.39, 0.29) is 37.2 Å². The van der Waals surface area contributed by atoms with E-state index in [4.69, 9.17) is 10.4 Å². The summed E-state index contributed by atoms with van der Waals surface area (Å²) in [7, 11) is 0. The number of pyridine rings is 1. The molecule has 0 spiro atoms. The molecule has 1 N–H and O–H groups in total. The molecule has 1 heterocycles. The summed E-state index contributed by atoms with van der Waals surface area (Å²) in [5.41, 5.74) is 1.88. The minimum Gasteiger partial charge on any atom is -0.512 e. The number of carbonyl (C=O) groups is 1. The zero-order valence-electron chi connectivity index (χ0n) is 15.0. The summed E-state index contributed by atoms with van der Waals surface area (Å²) in [5.74, 6) is -1.49. The number of hydrogen-bond acceptors (Lipinski definition) is 4. The maximum atomic E-state index is 13.2. The second-order valence-corrected chi connectivity index (χ2v) is 5.67. The number of hydrogen-bond donors (Lipinski definition) is 1. The first kappa shape index (κ1) is 23.1. The van der Waals surface area contributed by atoms with E-state index in [9.17, 15) is 13.6 Å². The number of ketones is 1. The first-order valence-electron chi connectivity index (χ1n) is 7.86. The molecule has 0 aliphatic carbocycles. The standard InChI is InChI=1S/C16H7F2N2.C5H8O2.Ir/c17-13-6-12(7-14(18)8-13)16-4-2-11-5-10(9-19)1-3-15(11)20-16;1-4(6)3-5(2)7;/h1-6,8H;3,6H,1-2H3;/q-1;;/b;4-3-;. The van der Waals surface area contributed by atoms with Crippen molar-refractivity contribution in [2.24, 2.45) is 0 Å². The van der Waals surface area contributed by atoms with Crippen LogP contribution in [0.2, 0.25) is 0 Å². The molecule has 3 aromatic rings. The maximum absolute atomic E-state index is 13.2. The Balaban J connectivity index is 0.000000425. The zero-order chi connectivity index (χ0) is 20.0. The number of halogens is 2. The molecular weight excluding hydrogens is 542 g/mol. The fourth-order valence-electron chi connectivity index (χ4n) is 2.28. The Kier molecular flexibility index (Phi) is 8.59. The Morgan fingerprint density at radius 3 is 2.43 bits per heavy atom. The topological polar surface area (TPSA) is 74.0 Å². The van der Waals surface area contributed by atoms with Crippen LogP contribution in [0.1, 0.15) is 19.4 Å². The number of benzene rings is 2. The van der Waals surface area contributed by atoms with Gasteiger partial charge < -0.3 is 5.11 Å². The molecule has 0 atom stereocenters. The third kappa shape index (κ3) is 6.66. The zero-order valence-corrected chi connectivity index (χ0v) is 17.4. The molecule has 0 aliphatic rings. The Bertz CT molecular complexity index is 1050. The molecule has 1 radical (unpaired) electrons. The molecule has 0 unspecified atom stereocenters. The van der Waals surface area contributed by atoms with Crippen molar-refractivity contribution in [3.63, 3.8) is 0 Å². The molecule has 0 saturated carbocycles. The fraction of sp³-hybridized carbons (Fsp3) is 0.0952. The molecule has 3 rings (SSSR count). The van der Waals surface area contributed by atoms with E-state index < -0.39 is 11.6 Å². The molecule has 7 heteroatoms. The van der Waals surface area contributed by atoms with Crippen molar-refractivity contribution >= 4 is 16.7 Å². The van der Waals surface area contributed by atoms with Crippen LogP contribution in [0, 0.1) is 29.0 Å². The van der Waals surface area contributed by atoms with Gasteiger partial charge in [0.05, 0.1) is 22.9 Å². The van der Waals surface area contributed by atoms with Crippen molar-refractivity contribution < 1.29 is 38.8 Å². The normalized spacial score (nSPS) is 10.3. The molecule has 1 aromatic heterocycles. The maximum Gasteiger partial charge on any atom is 0.155 e. The number of aliphatic hydroxyl groups is 1. The molecule has 28 heavy (non-hydrogen) atoms. The van der Waals surface area contributed by atoms with Crippen LogP contribution in [0.5, 0.6) is 0 Å². The van der Waals surface area contributed by atoms with Crippen LogP contribution in [0.25, 0.3) is 22.2 Å². The number of fused-ring (bicyclic) bond motifs is 1. The molecule has 2 aromatic carbocycles. The van der Waals surface area contributed by atoms with Gasteiger partial charge in [0.15, 0.2) is 5.78 Å². The Morgan fingerprint density at radius 1 is 1.18 bits per heavy atom. The van der Waals surface area contributed by atoms with E-state index in [0.717, 1.165) is 11.5 Å². The van der Waals surface area contributed by atoms with E-state index in [1.165, 1.54) is 26.0 Å². The van der Waals surface area contributed by atoms with Crippen LogP contribution in [0.3, 0.4) is 0 Å². The largest absolute Gasteiger partial charge is 0.512 e. The van der Waals surface area contributed by atoms with Crippen molar-refractivity contribution in [2.75, 3.05) is 0 Å². The van der Waals surface area contributed by atoms with Crippen LogP contribution in [-0.4, -0.2) is 15.9 Å². The van der Waals surface area contributed by atoms with Crippen molar-refractivity contribution in [1.82, 2.24) is 4.98 Å². The second kappa shape index (κ2) is 10.4. The van der Waals surface area contributed by atoms with Crippen LogP contribution in [-0.2, 0) is 24.9 Å². The van der Waals surface area contributed by atoms with Crippen LogP contribution in [0.4, 0.5) is 8.78 Å². The molecule has 0 fully saturated rings. The minimum absolute atomic E-state index is 0. The first-order valence-corrected chi connectivity index (χ1v) is 7.86. The molecule has 145 valence electrons. The smallest absolute Gasteiger partial charge is 0.155 e. The quantitative estimate of drug-likeness (QED) is 0.277. The molecule has 0 bridgehead atoms. The Labute approximate surface area is 174 Å². The average Bonchev–Trinajstić information content (AvgIpc) is 2.59.